The van der Waals surface area contributed by atoms with Crippen molar-refractivity contribution < 1.29 is 4.74 Å². The molecule has 3 nitrogen and oxygen atoms in total. The molecular weight excluding hydrogens is 236 g/mol. The first-order chi connectivity index (χ1) is 9.18. The minimum atomic E-state index is 0.0449. The second kappa shape index (κ2) is 6.51. The normalized spacial score (nSPS) is 23.4. The van der Waals surface area contributed by atoms with Crippen molar-refractivity contribution in [2.45, 2.75) is 18.8 Å². The highest BCUT2D eigenvalue weighted by molar-refractivity contribution is 5.25. The summed E-state index contributed by atoms with van der Waals surface area (Å²) in [6.45, 7) is 7.16. The summed E-state index contributed by atoms with van der Waals surface area (Å²) in [5, 5.41) is 0. The van der Waals surface area contributed by atoms with Crippen molar-refractivity contribution in [2.75, 3.05) is 39.9 Å². The predicted octanol–water partition coefficient (Wildman–Crippen LogP) is 1.87. The average Bonchev–Trinajstić information content (AvgIpc) is 2.87. The van der Waals surface area contributed by atoms with Crippen molar-refractivity contribution in [1.82, 2.24) is 4.90 Å². The van der Waals surface area contributed by atoms with Crippen molar-refractivity contribution in [3.8, 4) is 0 Å². The van der Waals surface area contributed by atoms with Gasteiger partial charge in [0.2, 0.25) is 0 Å². The van der Waals surface area contributed by atoms with Crippen LogP contribution in [-0.4, -0.2) is 44.8 Å². The van der Waals surface area contributed by atoms with Crippen LogP contribution in [0, 0.1) is 5.92 Å². The summed E-state index contributed by atoms with van der Waals surface area (Å²) in [7, 11) is 1.79. The maximum absolute atomic E-state index is 6.06. The highest BCUT2D eigenvalue weighted by Crippen LogP contribution is 2.27. The number of hydrogen-bond donors (Lipinski definition) is 1. The van der Waals surface area contributed by atoms with Crippen molar-refractivity contribution in [3.63, 3.8) is 0 Å². The maximum Gasteiger partial charge on any atom is 0.0503 e. The fraction of sp³-hybridized carbons (Fsp3) is 0.625. The third kappa shape index (κ3) is 3.56. The van der Waals surface area contributed by atoms with E-state index in [-0.39, 0.29) is 5.41 Å². The van der Waals surface area contributed by atoms with Gasteiger partial charge in [-0.3, -0.25) is 0 Å². The van der Waals surface area contributed by atoms with Gasteiger partial charge in [0.15, 0.2) is 0 Å². The van der Waals surface area contributed by atoms with E-state index in [1.807, 2.05) is 0 Å². The Balaban J connectivity index is 2.00. The molecule has 0 saturated carbocycles. The third-order valence-electron chi connectivity index (χ3n) is 4.27. The predicted molar refractivity (Wildman–Crippen MR) is 79.3 cm³/mol. The molecule has 3 heteroatoms. The van der Waals surface area contributed by atoms with E-state index >= 15 is 0 Å². The van der Waals surface area contributed by atoms with Crippen LogP contribution in [0.5, 0.6) is 0 Å². The summed E-state index contributed by atoms with van der Waals surface area (Å²) in [5.74, 6) is 0.683. The van der Waals surface area contributed by atoms with E-state index < -0.39 is 0 Å². The number of hydrogen-bond acceptors (Lipinski definition) is 3. The molecule has 1 heterocycles. The lowest BCUT2D eigenvalue weighted by atomic mass is 9.82. The standard InChI is InChI=1S/C16H26N2O/c1-16(12-17,15-6-4-3-5-7-15)13-18-9-8-14(10-18)11-19-2/h3-7,14H,8-13,17H2,1-2H3. The number of likely N-dealkylation sites (tertiary alicyclic amines) is 1. The zero-order chi connectivity index (χ0) is 13.7. The van der Waals surface area contributed by atoms with E-state index in [4.69, 9.17) is 10.5 Å². The number of rotatable bonds is 6. The summed E-state index contributed by atoms with van der Waals surface area (Å²) in [6, 6.07) is 10.6. The van der Waals surface area contributed by atoms with Gasteiger partial charge >= 0.3 is 0 Å². The van der Waals surface area contributed by atoms with Crippen LogP contribution in [0.3, 0.4) is 0 Å². The van der Waals surface area contributed by atoms with Crippen LogP contribution in [-0.2, 0) is 10.2 Å². The van der Waals surface area contributed by atoms with Crippen LogP contribution in [0.25, 0.3) is 0 Å². The van der Waals surface area contributed by atoms with Gasteiger partial charge in [-0.25, -0.2) is 0 Å². The molecule has 19 heavy (non-hydrogen) atoms. The largest absolute Gasteiger partial charge is 0.384 e. The van der Waals surface area contributed by atoms with Gasteiger partial charge in [0.05, 0.1) is 6.61 Å². The van der Waals surface area contributed by atoms with E-state index in [9.17, 15) is 0 Å². The fourth-order valence-corrected chi connectivity index (χ4v) is 3.04. The van der Waals surface area contributed by atoms with Gasteiger partial charge in [-0.1, -0.05) is 37.3 Å². The Morgan fingerprint density at radius 3 is 2.74 bits per heavy atom. The lowest BCUT2D eigenvalue weighted by Crippen LogP contribution is -2.43. The molecule has 0 radical (unpaired) electrons. The highest BCUT2D eigenvalue weighted by atomic mass is 16.5. The summed E-state index contributed by atoms with van der Waals surface area (Å²) in [4.78, 5) is 2.53. The molecule has 1 aliphatic rings. The molecule has 0 aliphatic carbocycles. The molecule has 2 N–H and O–H groups in total. The van der Waals surface area contributed by atoms with Crippen LogP contribution >= 0.6 is 0 Å². The smallest absolute Gasteiger partial charge is 0.0503 e. The molecule has 0 bridgehead atoms. The van der Waals surface area contributed by atoms with Crippen molar-refractivity contribution in [1.29, 1.82) is 0 Å². The summed E-state index contributed by atoms with van der Waals surface area (Å²) >= 11 is 0. The average molecular weight is 262 g/mol. The van der Waals surface area contributed by atoms with Crippen molar-refractivity contribution in [2.24, 2.45) is 11.7 Å². The van der Waals surface area contributed by atoms with Crippen LogP contribution < -0.4 is 5.73 Å². The van der Waals surface area contributed by atoms with Gasteiger partial charge in [0, 0.05) is 32.2 Å². The lowest BCUT2D eigenvalue weighted by molar-refractivity contribution is 0.150. The first-order valence-corrected chi connectivity index (χ1v) is 7.15. The van der Waals surface area contributed by atoms with Crippen molar-refractivity contribution >= 4 is 0 Å². The zero-order valence-electron chi connectivity index (χ0n) is 12.1. The topological polar surface area (TPSA) is 38.5 Å². The quantitative estimate of drug-likeness (QED) is 0.850. The monoisotopic (exact) mass is 262 g/mol. The fourth-order valence-electron chi connectivity index (χ4n) is 3.04. The number of methoxy groups -OCH3 is 1. The maximum atomic E-state index is 6.06. The van der Waals surface area contributed by atoms with Crippen LogP contribution in [0.2, 0.25) is 0 Å². The molecule has 0 aromatic heterocycles. The Bertz CT molecular complexity index is 382. The Morgan fingerprint density at radius 2 is 2.11 bits per heavy atom. The molecule has 106 valence electrons. The van der Waals surface area contributed by atoms with Gasteiger partial charge in [0.1, 0.15) is 0 Å². The second-order valence-corrected chi connectivity index (χ2v) is 5.98. The number of nitrogens with zero attached hydrogens (tertiary/aromatic N) is 1. The van der Waals surface area contributed by atoms with Crippen molar-refractivity contribution in [3.05, 3.63) is 35.9 Å². The molecule has 1 aromatic carbocycles. The molecule has 1 aliphatic heterocycles. The summed E-state index contributed by atoms with van der Waals surface area (Å²) in [5.41, 5.74) is 7.44. The SMILES string of the molecule is COCC1CCN(CC(C)(CN)c2ccccc2)C1. The lowest BCUT2D eigenvalue weighted by Gasteiger charge is -2.33. The second-order valence-electron chi connectivity index (χ2n) is 5.98. The van der Waals surface area contributed by atoms with E-state index in [0.29, 0.717) is 12.5 Å². The molecule has 2 unspecified atom stereocenters. The van der Waals surface area contributed by atoms with Gasteiger partial charge in [0.25, 0.3) is 0 Å². The first kappa shape index (κ1) is 14.5. The summed E-state index contributed by atoms with van der Waals surface area (Å²) < 4.78 is 5.26. The molecule has 0 amide bonds. The Morgan fingerprint density at radius 1 is 1.37 bits per heavy atom. The Kier molecular flexibility index (Phi) is 4.97. The van der Waals surface area contributed by atoms with Crippen LogP contribution in [0.4, 0.5) is 0 Å². The molecule has 1 saturated heterocycles. The van der Waals surface area contributed by atoms with E-state index in [1.165, 1.54) is 12.0 Å². The van der Waals surface area contributed by atoms with Gasteiger partial charge < -0.3 is 15.4 Å². The summed E-state index contributed by atoms with van der Waals surface area (Å²) in [6.07, 6.45) is 1.24. The number of benzene rings is 1. The minimum Gasteiger partial charge on any atom is -0.384 e. The zero-order valence-corrected chi connectivity index (χ0v) is 12.1. The Hall–Kier alpha value is -0.900. The molecule has 1 fully saturated rings. The number of ether oxygens (including phenoxy) is 1. The molecule has 2 rings (SSSR count). The Labute approximate surface area is 116 Å². The van der Waals surface area contributed by atoms with Crippen LogP contribution in [0.15, 0.2) is 30.3 Å². The van der Waals surface area contributed by atoms with Gasteiger partial charge in [-0.15, -0.1) is 0 Å². The van der Waals surface area contributed by atoms with E-state index in [0.717, 1.165) is 26.2 Å². The molecule has 2 atom stereocenters. The van der Waals surface area contributed by atoms with E-state index in [2.05, 4.69) is 42.2 Å². The molecule has 1 aromatic rings. The highest BCUT2D eigenvalue weighted by Gasteiger charge is 2.31. The molecule has 0 spiro atoms. The van der Waals surface area contributed by atoms with Gasteiger partial charge in [-0.2, -0.15) is 0 Å². The van der Waals surface area contributed by atoms with Gasteiger partial charge in [-0.05, 0) is 24.4 Å². The third-order valence-corrected chi connectivity index (χ3v) is 4.27. The minimum absolute atomic E-state index is 0.0449. The van der Waals surface area contributed by atoms with Crippen LogP contribution in [0.1, 0.15) is 18.9 Å². The molecular formula is C16H26N2O. The van der Waals surface area contributed by atoms with E-state index in [1.54, 1.807) is 7.11 Å². The first-order valence-electron chi connectivity index (χ1n) is 7.15. The number of nitrogens with two attached hydrogens (primary N) is 1.